The highest BCUT2D eigenvalue weighted by molar-refractivity contribution is 7.99. The van der Waals surface area contributed by atoms with Crippen LogP contribution in [0.3, 0.4) is 0 Å². The lowest BCUT2D eigenvalue weighted by Gasteiger charge is -2.59. The molecular weight excluding hydrogens is 825 g/mol. The fourth-order valence-corrected chi connectivity index (χ4v) is 10.9. The van der Waals surface area contributed by atoms with Gasteiger partial charge in [0.15, 0.2) is 0 Å². The molecule has 0 bridgehead atoms. The van der Waals surface area contributed by atoms with E-state index in [-0.39, 0.29) is 49.6 Å². The van der Waals surface area contributed by atoms with E-state index in [1.165, 1.54) is 49.8 Å². The van der Waals surface area contributed by atoms with Gasteiger partial charge in [-0.15, -0.1) is 18.3 Å². The number of thioether (sulfide) groups is 1. The first-order valence-corrected chi connectivity index (χ1v) is 25.9. The standard InChI is InChI=1S/C53H80N2O8S/c1-5-9-10-11-12-13-14-15-16-24-35-60-52(58)55(31-6-2)49-40-47(54-62-8-4)45-38-41(25-20-22-32-56)44(28-21-23-33-57)50-46-39-42(59-36-37-64-43-26-18-17-19-27-43)29-30-48(46)63-53(49,51(45)50)61-34-7-3/h7,17-19,26-27,29-30,38-39,41,44,49-51,56-57H,3,5-6,8-16,20-25,28,31-37,40H2,1-2,4H3. The van der Waals surface area contributed by atoms with Crippen LogP contribution in [0, 0.1) is 17.8 Å². The molecule has 2 aromatic carbocycles. The van der Waals surface area contributed by atoms with E-state index in [0.717, 1.165) is 79.7 Å². The van der Waals surface area contributed by atoms with Crippen molar-refractivity contribution in [1.29, 1.82) is 0 Å². The third-order valence-electron chi connectivity index (χ3n) is 13.1. The van der Waals surface area contributed by atoms with Crippen LogP contribution in [0.5, 0.6) is 11.5 Å². The van der Waals surface area contributed by atoms with E-state index >= 15 is 0 Å². The lowest BCUT2D eigenvalue weighted by Crippen LogP contribution is -2.70. The molecule has 2 N–H and O–H groups in total. The van der Waals surface area contributed by atoms with Crippen molar-refractivity contribution in [2.24, 2.45) is 22.9 Å². The van der Waals surface area contributed by atoms with Gasteiger partial charge in [0.1, 0.15) is 24.1 Å². The number of ether oxygens (including phenoxy) is 4. The quantitative estimate of drug-likeness (QED) is 0.0320. The Bertz CT molecular complexity index is 1720. The van der Waals surface area contributed by atoms with Crippen LogP contribution >= 0.6 is 11.8 Å². The van der Waals surface area contributed by atoms with Crippen molar-refractivity contribution < 1.29 is 38.8 Å². The summed E-state index contributed by atoms with van der Waals surface area (Å²) >= 11 is 1.77. The smallest absolute Gasteiger partial charge is 0.410 e. The topological polar surface area (TPSA) is 119 Å². The summed E-state index contributed by atoms with van der Waals surface area (Å²) in [5.74, 6) is 0.769. The molecule has 0 saturated heterocycles. The van der Waals surface area contributed by atoms with Crippen molar-refractivity contribution in [1.82, 2.24) is 4.90 Å². The number of oxime groups is 1. The minimum Gasteiger partial charge on any atom is -0.493 e. The number of carbonyl (C=O) groups is 1. The third-order valence-corrected chi connectivity index (χ3v) is 14.1. The molecule has 356 valence electrons. The van der Waals surface area contributed by atoms with Gasteiger partial charge in [0.2, 0.25) is 5.79 Å². The second kappa shape index (κ2) is 28.5. The molecule has 2 aromatic rings. The van der Waals surface area contributed by atoms with Gasteiger partial charge >= 0.3 is 6.09 Å². The highest BCUT2D eigenvalue weighted by Crippen LogP contribution is 2.62. The normalized spacial score (nSPS) is 22.8. The summed E-state index contributed by atoms with van der Waals surface area (Å²) in [6.45, 7) is 12.6. The summed E-state index contributed by atoms with van der Waals surface area (Å²) in [5.41, 5.74) is 2.86. The second-order valence-electron chi connectivity index (χ2n) is 17.7. The number of amides is 1. The van der Waals surface area contributed by atoms with Gasteiger partial charge in [-0.2, -0.15) is 0 Å². The summed E-state index contributed by atoms with van der Waals surface area (Å²) in [4.78, 5) is 23.5. The Hall–Kier alpha value is -3.51. The van der Waals surface area contributed by atoms with E-state index < -0.39 is 11.8 Å². The van der Waals surface area contributed by atoms with Gasteiger partial charge in [-0.25, -0.2) is 4.79 Å². The van der Waals surface area contributed by atoms with Crippen molar-refractivity contribution in [2.45, 2.75) is 159 Å². The van der Waals surface area contributed by atoms with E-state index in [2.05, 4.69) is 56.8 Å². The zero-order chi connectivity index (χ0) is 45.4. The zero-order valence-electron chi connectivity index (χ0n) is 39.4. The van der Waals surface area contributed by atoms with Gasteiger partial charge in [0.05, 0.1) is 31.5 Å². The number of fused-ring (bicyclic) bond motifs is 2. The monoisotopic (exact) mass is 905 g/mol. The highest BCUT2D eigenvalue weighted by atomic mass is 32.2. The first-order chi connectivity index (χ1) is 31.5. The number of benzene rings is 2. The first-order valence-electron chi connectivity index (χ1n) is 24.9. The van der Waals surface area contributed by atoms with Gasteiger partial charge in [0.25, 0.3) is 0 Å². The number of aliphatic hydroxyl groups is 2. The van der Waals surface area contributed by atoms with E-state index in [0.29, 0.717) is 51.4 Å². The largest absolute Gasteiger partial charge is 0.493 e. The molecule has 1 fully saturated rings. The molecule has 2 aliphatic carbocycles. The van der Waals surface area contributed by atoms with Crippen molar-refractivity contribution >= 4 is 23.6 Å². The molecule has 0 radical (unpaired) electrons. The summed E-state index contributed by atoms with van der Waals surface area (Å²) in [5, 5.41) is 24.7. The van der Waals surface area contributed by atoms with E-state index in [9.17, 15) is 15.0 Å². The van der Waals surface area contributed by atoms with E-state index in [1.807, 2.05) is 30.0 Å². The fraction of sp³-hybridized carbons (Fsp3) is 0.660. The van der Waals surface area contributed by atoms with Crippen molar-refractivity contribution in [3.8, 4) is 11.5 Å². The van der Waals surface area contributed by atoms with Crippen LogP contribution in [-0.4, -0.2) is 90.7 Å². The fourth-order valence-electron chi connectivity index (χ4n) is 10.2. The zero-order valence-corrected chi connectivity index (χ0v) is 40.2. The Morgan fingerprint density at radius 3 is 2.30 bits per heavy atom. The number of hydrogen-bond acceptors (Lipinski definition) is 10. The number of rotatable bonds is 32. The minimum absolute atomic E-state index is 0.116. The van der Waals surface area contributed by atoms with Crippen LogP contribution in [0.2, 0.25) is 0 Å². The van der Waals surface area contributed by atoms with Gasteiger partial charge < -0.3 is 34.0 Å². The van der Waals surface area contributed by atoms with Crippen LogP contribution in [0.15, 0.2) is 82.9 Å². The lowest BCUT2D eigenvalue weighted by molar-refractivity contribution is -0.255. The van der Waals surface area contributed by atoms with Crippen LogP contribution in [0.25, 0.3) is 0 Å². The first kappa shape index (κ1) is 51.5. The molecule has 6 atom stereocenters. The predicted octanol–water partition coefficient (Wildman–Crippen LogP) is 12.3. The van der Waals surface area contributed by atoms with E-state index in [4.69, 9.17) is 28.9 Å². The molecule has 6 unspecified atom stereocenters. The maximum absolute atomic E-state index is 14.5. The molecule has 0 aromatic heterocycles. The summed E-state index contributed by atoms with van der Waals surface area (Å²) in [6.07, 6.45) is 21.8. The molecule has 1 aliphatic heterocycles. The molecule has 1 amide bonds. The summed E-state index contributed by atoms with van der Waals surface area (Å²) < 4.78 is 27.1. The maximum atomic E-state index is 14.5. The van der Waals surface area contributed by atoms with Gasteiger partial charge in [-0.1, -0.05) is 120 Å². The number of allylic oxidation sites excluding steroid dienone is 1. The number of carbonyl (C=O) groups excluding carboxylic acids is 1. The Morgan fingerprint density at radius 2 is 1.61 bits per heavy atom. The molecule has 11 heteroatoms. The van der Waals surface area contributed by atoms with Gasteiger partial charge in [-0.05, 0) is 93.2 Å². The molecular formula is C53H80N2O8S. The Morgan fingerprint density at radius 1 is 0.891 bits per heavy atom. The maximum Gasteiger partial charge on any atom is 0.410 e. The molecule has 10 nitrogen and oxygen atoms in total. The number of nitrogens with zero attached hydrogens (tertiary/aromatic N) is 2. The van der Waals surface area contributed by atoms with Gasteiger partial charge in [-0.3, -0.25) is 4.90 Å². The number of hydrogen-bond donors (Lipinski definition) is 2. The second-order valence-corrected chi connectivity index (χ2v) is 18.9. The minimum atomic E-state index is -1.31. The predicted molar refractivity (Wildman–Crippen MR) is 259 cm³/mol. The average molecular weight is 905 g/mol. The molecule has 5 rings (SSSR count). The van der Waals surface area contributed by atoms with Gasteiger partial charge in [0, 0.05) is 48.3 Å². The third kappa shape index (κ3) is 14.2. The summed E-state index contributed by atoms with van der Waals surface area (Å²) in [7, 11) is 0. The summed E-state index contributed by atoms with van der Waals surface area (Å²) in [6, 6.07) is 15.9. The molecule has 0 spiro atoms. The molecule has 3 aliphatic rings. The Balaban J connectivity index is 1.52. The Kier molecular flexibility index (Phi) is 22.9. The number of aliphatic hydroxyl groups excluding tert-OH is 2. The van der Waals surface area contributed by atoms with Crippen molar-refractivity contribution in [3.63, 3.8) is 0 Å². The molecule has 1 saturated carbocycles. The van der Waals surface area contributed by atoms with Crippen LogP contribution < -0.4 is 9.47 Å². The van der Waals surface area contributed by atoms with Crippen LogP contribution in [-0.2, 0) is 14.3 Å². The molecule has 1 heterocycles. The molecule has 64 heavy (non-hydrogen) atoms. The van der Waals surface area contributed by atoms with Crippen molar-refractivity contribution in [3.05, 3.63) is 78.4 Å². The lowest BCUT2D eigenvalue weighted by atomic mass is 9.55. The highest BCUT2D eigenvalue weighted by Gasteiger charge is 2.65. The Labute approximate surface area is 389 Å². The average Bonchev–Trinajstić information content (AvgIpc) is 3.31. The van der Waals surface area contributed by atoms with E-state index in [1.54, 1.807) is 17.8 Å². The van der Waals surface area contributed by atoms with Crippen molar-refractivity contribution in [2.75, 3.05) is 51.9 Å². The SMILES string of the molecule is C=CCOC12Oc3ccc(OCCSc4ccccc4)cc3C3C(CCCCO)C(CCCCO)C=C(C(=NOCC)CC1N(CCC)C(=O)OCCCCCCCCCCCC)C32. The van der Waals surface area contributed by atoms with Crippen LogP contribution in [0.4, 0.5) is 4.79 Å². The number of unbranched alkanes of at least 4 members (excludes halogenated alkanes) is 11. The van der Waals surface area contributed by atoms with Crippen LogP contribution in [0.1, 0.15) is 148 Å².